The second kappa shape index (κ2) is 3.19. The SMILES string of the molecule is NCCCn1nccn1. The van der Waals surface area contributed by atoms with Gasteiger partial charge < -0.3 is 5.73 Å². The van der Waals surface area contributed by atoms with Crippen LogP contribution in [0.4, 0.5) is 0 Å². The van der Waals surface area contributed by atoms with Crippen LogP contribution in [0.25, 0.3) is 0 Å². The summed E-state index contributed by atoms with van der Waals surface area (Å²) in [5.41, 5.74) is 5.28. The quantitative estimate of drug-likeness (QED) is 0.601. The molecule has 9 heavy (non-hydrogen) atoms. The maximum atomic E-state index is 5.28. The van der Waals surface area contributed by atoms with Crippen LogP contribution in [-0.2, 0) is 6.54 Å². The van der Waals surface area contributed by atoms with Gasteiger partial charge in [-0.3, -0.25) is 0 Å². The highest BCUT2D eigenvalue weighted by Crippen LogP contribution is 1.81. The van der Waals surface area contributed by atoms with Gasteiger partial charge >= 0.3 is 0 Å². The smallest absolute Gasteiger partial charge is 0.0693 e. The van der Waals surface area contributed by atoms with Crippen LogP contribution in [0, 0.1) is 0 Å². The first-order valence-electron chi connectivity index (χ1n) is 2.97. The van der Waals surface area contributed by atoms with Crippen LogP contribution < -0.4 is 5.73 Å². The number of nitrogens with zero attached hydrogens (tertiary/aromatic N) is 3. The largest absolute Gasteiger partial charge is 0.330 e. The molecule has 2 N–H and O–H groups in total. The van der Waals surface area contributed by atoms with Gasteiger partial charge in [0.15, 0.2) is 0 Å². The van der Waals surface area contributed by atoms with Crippen LogP contribution in [-0.4, -0.2) is 21.5 Å². The molecule has 1 aromatic heterocycles. The first kappa shape index (κ1) is 6.22. The monoisotopic (exact) mass is 126 g/mol. The number of aryl methyl sites for hydroxylation is 1. The lowest BCUT2D eigenvalue weighted by Gasteiger charge is -1.94. The molecule has 4 heteroatoms. The number of hydrogen-bond donors (Lipinski definition) is 1. The van der Waals surface area contributed by atoms with Crippen molar-refractivity contribution >= 4 is 0 Å². The van der Waals surface area contributed by atoms with Gasteiger partial charge in [-0.25, -0.2) is 0 Å². The summed E-state index contributed by atoms with van der Waals surface area (Å²) in [7, 11) is 0. The van der Waals surface area contributed by atoms with Crippen LogP contribution in [0.5, 0.6) is 0 Å². The van der Waals surface area contributed by atoms with Crippen LogP contribution in [0.15, 0.2) is 12.4 Å². The van der Waals surface area contributed by atoms with Gasteiger partial charge in [-0.2, -0.15) is 15.0 Å². The molecule has 0 saturated heterocycles. The van der Waals surface area contributed by atoms with Crippen molar-refractivity contribution in [2.24, 2.45) is 5.73 Å². The molecule has 0 aliphatic carbocycles. The van der Waals surface area contributed by atoms with E-state index in [-0.39, 0.29) is 0 Å². The first-order chi connectivity index (χ1) is 4.43. The molecule has 0 unspecified atom stereocenters. The van der Waals surface area contributed by atoms with E-state index < -0.39 is 0 Å². The lowest BCUT2D eigenvalue weighted by Crippen LogP contribution is -2.07. The van der Waals surface area contributed by atoms with Crippen molar-refractivity contribution in [3.63, 3.8) is 0 Å². The molecule has 0 saturated carbocycles. The molecule has 0 bridgehead atoms. The molecule has 1 rings (SSSR count). The average Bonchev–Trinajstić information content (AvgIpc) is 2.34. The lowest BCUT2D eigenvalue weighted by atomic mass is 10.4. The van der Waals surface area contributed by atoms with Gasteiger partial charge in [0.25, 0.3) is 0 Å². The summed E-state index contributed by atoms with van der Waals surface area (Å²) < 4.78 is 0. The Morgan fingerprint density at radius 2 is 2.00 bits per heavy atom. The van der Waals surface area contributed by atoms with Crippen molar-refractivity contribution in [1.29, 1.82) is 0 Å². The molecule has 0 spiro atoms. The van der Waals surface area contributed by atoms with E-state index in [0.717, 1.165) is 13.0 Å². The van der Waals surface area contributed by atoms with Crippen LogP contribution >= 0.6 is 0 Å². The number of aromatic nitrogens is 3. The van der Waals surface area contributed by atoms with Crippen molar-refractivity contribution in [2.75, 3.05) is 6.54 Å². The Bertz CT molecular complexity index is 146. The third-order valence-corrected chi connectivity index (χ3v) is 1.03. The predicted molar refractivity (Wildman–Crippen MR) is 33.7 cm³/mol. The summed E-state index contributed by atoms with van der Waals surface area (Å²) in [5.74, 6) is 0. The third-order valence-electron chi connectivity index (χ3n) is 1.03. The van der Waals surface area contributed by atoms with E-state index in [0.29, 0.717) is 6.54 Å². The molecule has 0 aromatic carbocycles. The van der Waals surface area contributed by atoms with E-state index in [2.05, 4.69) is 10.2 Å². The average molecular weight is 126 g/mol. The Morgan fingerprint density at radius 1 is 1.33 bits per heavy atom. The van der Waals surface area contributed by atoms with Crippen molar-refractivity contribution in [3.8, 4) is 0 Å². The lowest BCUT2D eigenvalue weighted by molar-refractivity contribution is 0.517. The van der Waals surface area contributed by atoms with Crippen LogP contribution in [0.3, 0.4) is 0 Å². The van der Waals surface area contributed by atoms with E-state index in [1.807, 2.05) is 0 Å². The molecule has 0 fully saturated rings. The van der Waals surface area contributed by atoms with Gasteiger partial charge in [0.2, 0.25) is 0 Å². The fourth-order valence-electron chi connectivity index (χ4n) is 0.592. The van der Waals surface area contributed by atoms with Gasteiger partial charge in [0.1, 0.15) is 0 Å². The summed E-state index contributed by atoms with van der Waals surface area (Å²) in [5, 5.41) is 7.81. The molecule has 0 atom stereocenters. The van der Waals surface area contributed by atoms with Gasteiger partial charge in [-0.15, -0.1) is 0 Å². The van der Waals surface area contributed by atoms with E-state index >= 15 is 0 Å². The van der Waals surface area contributed by atoms with E-state index in [4.69, 9.17) is 5.73 Å². The standard InChI is InChI=1S/C5H10N4/c6-2-1-5-9-7-3-4-8-9/h3-4H,1-2,5-6H2. The Hall–Kier alpha value is -0.900. The third kappa shape index (κ3) is 1.81. The van der Waals surface area contributed by atoms with Crippen LogP contribution in [0.2, 0.25) is 0 Å². The molecule has 50 valence electrons. The maximum absolute atomic E-state index is 5.28. The highest BCUT2D eigenvalue weighted by atomic mass is 15.5. The Kier molecular flexibility index (Phi) is 2.21. The molecule has 0 aliphatic heterocycles. The summed E-state index contributed by atoms with van der Waals surface area (Å²) in [4.78, 5) is 1.63. The molecule has 1 heterocycles. The molecular formula is C5H10N4. The van der Waals surface area contributed by atoms with Gasteiger partial charge in [0.05, 0.1) is 18.9 Å². The summed E-state index contributed by atoms with van der Waals surface area (Å²) in [6, 6.07) is 0. The topological polar surface area (TPSA) is 56.7 Å². The van der Waals surface area contributed by atoms with Crippen molar-refractivity contribution in [3.05, 3.63) is 12.4 Å². The van der Waals surface area contributed by atoms with E-state index in [1.165, 1.54) is 0 Å². The zero-order valence-corrected chi connectivity index (χ0v) is 5.20. The highest BCUT2D eigenvalue weighted by Gasteiger charge is 1.87. The minimum absolute atomic E-state index is 0.696. The van der Waals surface area contributed by atoms with Crippen molar-refractivity contribution in [1.82, 2.24) is 15.0 Å². The number of hydrogen-bond acceptors (Lipinski definition) is 3. The number of nitrogens with two attached hydrogens (primary N) is 1. The highest BCUT2D eigenvalue weighted by molar-refractivity contribution is 4.59. The van der Waals surface area contributed by atoms with Crippen molar-refractivity contribution < 1.29 is 0 Å². The predicted octanol–water partition coefficient (Wildman–Crippen LogP) is -0.373. The summed E-state index contributed by atoms with van der Waals surface area (Å²) in [6.45, 7) is 1.52. The normalized spacial score (nSPS) is 9.89. The first-order valence-corrected chi connectivity index (χ1v) is 2.97. The molecule has 0 aliphatic rings. The van der Waals surface area contributed by atoms with Gasteiger partial charge in [-0.05, 0) is 13.0 Å². The minimum Gasteiger partial charge on any atom is -0.330 e. The minimum atomic E-state index is 0.696. The molecule has 4 nitrogen and oxygen atoms in total. The fourth-order valence-corrected chi connectivity index (χ4v) is 0.592. The second-order valence-corrected chi connectivity index (χ2v) is 1.77. The Labute approximate surface area is 53.7 Å². The van der Waals surface area contributed by atoms with E-state index in [9.17, 15) is 0 Å². The Morgan fingerprint density at radius 3 is 2.56 bits per heavy atom. The fraction of sp³-hybridized carbons (Fsp3) is 0.600. The Balaban J connectivity index is 2.30. The van der Waals surface area contributed by atoms with Crippen molar-refractivity contribution in [2.45, 2.75) is 13.0 Å². The number of rotatable bonds is 3. The summed E-state index contributed by atoms with van der Waals surface area (Å²) >= 11 is 0. The second-order valence-electron chi connectivity index (χ2n) is 1.77. The van der Waals surface area contributed by atoms with E-state index in [1.54, 1.807) is 17.2 Å². The molecular weight excluding hydrogens is 116 g/mol. The van der Waals surface area contributed by atoms with Gasteiger partial charge in [-0.1, -0.05) is 0 Å². The summed E-state index contributed by atoms with van der Waals surface area (Å²) in [6.07, 6.45) is 4.27. The van der Waals surface area contributed by atoms with Crippen LogP contribution in [0.1, 0.15) is 6.42 Å². The van der Waals surface area contributed by atoms with Gasteiger partial charge in [0, 0.05) is 0 Å². The maximum Gasteiger partial charge on any atom is 0.0693 e. The zero-order chi connectivity index (χ0) is 6.53. The molecule has 0 amide bonds. The molecule has 1 aromatic rings. The zero-order valence-electron chi connectivity index (χ0n) is 5.20. The molecule has 0 radical (unpaired) electrons.